The third kappa shape index (κ3) is 2.48. The van der Waals surface area contributed by atoms with Crippen molar-refractivity contribution in [3.05, 3.63) is 58.1 Å². The summed E-state index contributed by atoms with van der Waals surface area (Å²) in [5.74, 6) is 0. The SMILES string of the molecule is Clc1ccc(C2=Nc3cc(Cl)ccc3[Se]C2)cc1. The predicted octanol–water partition coefficient (Wildman–Crippen LogP) is 3.88. The summed E-state index contributed by atoms with van der Waals surface area (Å²) in [5, 5.41) is 2.51. The first-order valence-corrected chi connectivity index (χ1v) is 8.30. The summed E-state index contributed by atoms with van der Waals surface area (Å²) >= 11 is 12.3. The Morgan fingerprint density at radius 3 is 2.44 bits per heavy atom. The van der Waals surface area contributed by atoms with Crippen LogP contribution in [0.25, 0.3) is 0 Å². The molecular formula is C14H9Cl2NSe. The summed E-state index contributed by atoms with van der Waals surface area (Å²) < 4.78 is 1.32. The van der Waals surface area contributed by atoms with Gasteiger partial charge in [0.15, 0.2) is 0 Å². The fraction of sp³-hybridized carbons (Fsp3) is 0.0714. The van der Waals surface area contributed by atoms with E-state index in [2.05, 4.69) is 6.07 Å². The van der Waals surface area contributed by atoms with Gasteiger partial charge in [-0.05, 0) is 0 Å². The molecule has 1 nitrogen and oxygen atoms in total. The predicted molar refractivity (Wildman–Crippen MR) is 79.3 cm³/mol. The second-order valence-corrected chi connectivity index (χ2v) is 6.97. The fourth-order valence-electron chi connectivity index (χ4n) is 1.81. The molecule has 0 atom stereocenters. The van der Waals surface area contributed by atoms with Crippen molar-refractivity contribution in [1.82, 2.24) is 0 Å². The molecule has 0 aromatic heterocycles. The van der Waals surface area contributed by atoms with Crippen LogP contribution in [0.1, 0.15) is 5.56 Å². The zero-order chi connectivity index (χ0) is 12.5. The summed E-state index contributed by atoms with van der Waals surface area (Å²) in [6.07, 6.45) is 0. The van der Waals surface area contributed by atoms with Crippen LogP contribution < -0.4 is 4.46 Å². The van der Waals surface area contributed by atoms with E-state index in [1.54, 1.807) is 0 Å². The number of aliphatic imine (C=N–C) groups is 1. The van der Waals surface area contributed by atoms with Gasteiger partial charge in [0.25, 0.3) is 0 Å². The van der Waals surface area contributed by atoms with Gasteiger partial charge in [-0.2, -0.15) is 0 Å². The van der Waals surface area contributed by atoms with Gasteiger partial charge in [-0.1, -0.05) is 0 Å². The number of rotatable bonds is 1. The first-order valence-electron chi connectivity index (χ1n) is 5.48. The number of fused-ring (bicyclic) bond motifs is 1. The van der Waals surface area contributed by atoms with Crippen molar-refractivity contribution in [3.8, 4) is 0 Å². The van der Waals surface area contributed by atoms with Crippen molar-refractivity contribution in [1.29, 1.82) is 0 Å². The Labute approximate surface area is 122 Å². The van der Waals surface area contributed by atoms with Crippen molar-refractivity contribution in [3.63, 3.8) is 0 Å². The van der Waals surface area contributed by atoms with Crippen LogP contribution in [0.2, 0.25) is 15.4 Å². The third-order valence-corrected chi connectivity index (χ3v) is 5.46. The van der Waals surface area contributed by atoms with Gasteiger partial charge < -0.3 is 0 Å². The molecule has 1 aliphatic heterocycles. The van der Waals surface area contributed by atoms with Crippen LogP contribution in [-0.2, 0) is 0 Å². The minimum absolute atomic E-state index is 0.427. The molecule has 1 aliphatic rings. The molecule has 0 aliphatic carbocycles. The maximum absolute atomic E-state index is 6.01. The number of halogens is 2. The molecule has 2 aromatic rings. The molecule has 18 heavy (non-hydrogen) atoms. The van der Waals surface area contributed by atoms with E-state index in [-0.39, 0.29) is 0 Å². The molecule has 1 heterocycles. The number of hydrogen-bond donors (Lipinski definition) is 0. The fourth-order valence-corrected chi connectivity index (χ4v) is 4.08. The van der Waals surface area contributed by atoms with Crippen LogP contribution in [0.5, 0.6) is 0 Å². The standard InChI is InChI=1S/C14H9Cl2NSe/c15-10-3-1-9(2-4-10)13-8-18-14-6-5-11(16)7-12(14)17-13/h1-7H,8H2. The minimum atomic E-state index is 0.427. The van der Waals surface area contributed by atoms with E-state index in [0.717, 1.165) is 32.3 Å². The van der Waals surface area contributed by atoms with Crippen LogP contribution in [0, 0.1) is 0 Å². The van der Waals surface area contributed by atoms with Gasteiger partial charge in [-0.25, -0.2) is 0 Å². The molecule has 0 bridgehead atoms. The summed E-state index contributed by atoms with van der Waals surface area (Å²) in [7, 11) is 0. The molecule has 4 heteroatoms. The van der Waals surface area contributed by atoms with Crippen molar-refractivity contribution >= 4 is 54.0 Å². The number of nitrogens with zero attached hydrogens (tertiary/aromatic N) is 1. The van der Waals surface area contributed by atoms with E-state index in [0.29, 0.717) is 15.0 Å². The molecule has 0 N–H and O–H groups in total. The molecule has 0 amide bonds. The van der Waals surface area contributed by atoms with Gasteiger partial charge in [0.05, 0.1) is 0 Å². The van der Waals surface area contributed by atoms with Crippen LogP contribution >= 0.6 is 23.2 Å². The molecule has 3 rings (SSSR count). The Kier molecular flexibility index (Phi) is 3.45. The van der Waals surface area contributed by atoms with Crippen molar-refractivity contribution < 1.29 is 0 Å². The Hall–Kier alpha value is -0.791. The molecule has 0 fully saturated rings. The molecule has 90 valence electrons. The van der Waals surface area contributed by atoms with Gasteiger partial charge in [0.1, 0.15) is 0 Å². The van der Waals surface area contributed by atoms with Crippen molar-refractivity contribution in [2.75, 3.05) is 0 Å². The molecule has 0 unspecified atom stereocenters. The Morgan fingerprint density at radius 1 is 0.944 bits per heavy atom. The van der Waals surface area contributed by atoms with Crippen LogP contribution in [0.3, 0.4) is 0 Å². The number of hydrogen-bond acceptors (Lipinski definition) is 1. The summed E-state index contributed by atoms with van der Waals surface area (Å²) in [4.78, 5) is 4.71. The van der Waals surface area contributed by atoms with E-state index in [4.69, 9.17) is 28.2 Å². The van der Waals surface area contributed by atoms with E-state index >= 15 is 0 Å². The van der Waals surface area contributed by atoms with Crippen molar-refractivity contribution in [2.45, 2.75) is 5.32 Å². The monoisotopic (exact) mass is 341 g/mol. The average Bonchev–Trinajstić information content (AvgIpc) is 2.38. The first-order chi connectivity index (χ1) is 8.72. The van der Waals surface area contributed by atoms with E-state index < -0.39 is 0 Å². The third-order valence-electron chi connectivity index (χ3n) is 2.72. The van der Waals surface area contributed by atoms with Gasteiger partial charge in [-0.15, -0.1) is 0 Å². The molecule has 0 spiro atoms. The Balaban J connectivity index is 2.02. The first kappa shape index (κ1) is 12.3. The second kappa shape index (κ2) is 5.06. The topological polar surface area (TPSA) is 12.4 Å². The molecule has 0 radical (unpaired) electrons. The Morgan fingerprint density at radius 2 is 1.67 bits per heavy atom. The molecular weight excluding hydrogens is 332 g/mol. The summed E-state index contributed by atoms with van der Waals surface area (Å²) in [6.45, 7) is 0. The van der Waals surface area contributed by atoms with Crippen LogP contribution in [0.4, 0.5) is 5.69 Å². The molecule has 0 saturated heterocycles. The van der Waals surface area contributed by atoms with E-state index in [1.165, 1.54) is 4.46 Å². The van der Waals surface area contributed by atoms with Crippen LogP contribution in [-0.4, -0.2) is 20.7 Å². The van der Waals surface area contributed by atoms with Gasteiger partial charge in [-0.3, -0.25) is 0 Å². The van der Waals surface area contributed by atoms with Crippen molar-refractivity contribution in [2.24, 2.45) is 4.99 Å². The summed E-state index contributed by atoms with van der Waals surface area (Å²) in [5.41, 5.74) is 3.28. The van der Waals surface area contributed by atoms with E-state index in [1.807, 2.05) is 36.4 Å². The summed E-state index contributed by atoms with van der Waals surface area (Å²) in [6, 6.07) is 13.8. The van der Waals surface area contributed by atoms with Gasteiger partial charge >= 0.3 is 122 Å². The normalized spacial score (nSPS) is 14.0. The van der Waals surface area contributed by atoms with Crippen LogP contribution in [0.15, 0.2) is 47.5 Å². The molecule has 0 saturated carbocycles. The average molecular weight is 341 g/mol. The van der Waals surface area contributed by atoms with Gasteiger partial charge in [0.2, 0.25) is 0 Å². The zero-order valence-electron chi connectivity index (χ0n) is 9.36. The zero-order valence-corrected chi connectivity index (χ0v) is 12.6. The quantitative estimate of drug-likeness (QED) is 0.699. The second-order valence-electron chi connectivity index (χ2n) is 3.97. The van der Waals surface area contributed by atoms with Gasteiger partial charge in [0, 0.05) is 0 Å². The number of benzene rings is 2. The Bertz CT molecular complexity index is 620. The maximum atomic E-state index is 6.01. The van der Waals surface area contributed by atoms with E-state index in [9.17, 15) is 0 Å². The molecule has 2 aromatic carbocycles.